The van der Waals surface area contributed by atoms with Crippen LogP contribution in [0.25, 0.3) is 0 Å². The second-order valence-electron chi connectivity index (χ2n) is 3.42. The molecule has 1 unspecified atom stereocenters. The van der Waals surface area contributed by atoms with Crippen molar-refractivity contribution < 1.29 is 0 Å². The minimum Gasteiger partial charge on any atom is -0.308 e. The van der Waals surface area contributed by atoms with Crippen molar-refractivity contribution in [2.24, 2.45) is 7.05 Å². The number of aromatic nitrogens is 2. The third kappa shape index (κ3) is 0.992. The standard InChI is InChI=1S/C8H13N3O/c1-5-3-6-7(4-9-5)10-11(2)8(6)12/h5,9-10H,3-4H2,1-2H3. The number of nitrogens with one attached hydrogen (secondary N) is 2. The van der Waals surface area contributed by atoms with E-state index in [0.717, 1.165) is 24.2 Å². The van der Waals surface area contributed by atoms with Gasteiger partial charge in [-0.2, -0.15) is 0 Å². The fourth-order valence-corrected chi connectivity index (χ4v) is 1.66. The number of hydrogen-bond donors (Lipinski definition) is 2. The summed E-state index contributed by atoms with van der Waals surface area (Å²) in [5.41, 5.74) is 2.11. The summed E-state index contributed by atoms with van der Waals surface area (Å²) >= 11 is 0. The molecule has 0 bridgehead atoms. The molecule has 0 spiro atoms. The van der Waals surface area contributed by atoms with Crippen LogP contribution >= 0.6 is 0 Å². The second-order valence-corrected chi connectivity index (χ2v) is 3.42. The van der Waals surface area contributed by atoms with Crippen LogP contribution in [0.5, 0.6) is 0 Å². The molecule has 0 radical (unpaired) electrons. The Kier molecular flexibility index (Phi) is 1.58. The van der Waals surface area contributed by atoms with E-state index in [-0.39, 0.29) is 5.56 Å². The van der Waals surface area contributed by atoms with E-state index in [9.17, 15) is 4.79 Å². The Bertz CT molecular complexity index is 350. The molecule has 0 aliphatic carbocycles. The molecular weight excluding hydrogens is 154 g/mol. The van der Waals surface area contributed by atoms with Crippen molar-refractivity contribution in [2.75, 3.05) is 0 Å². The van der Waals surface area contributed by atoms with E-state index < -0.39 is 0 Å². The summed E-state index contributed by atoms with van der Waals surface area (Å²) in [6.07, 6.45) is 0.839. The van der Waals surface area contributed by atoms with Crippen LogP contribution in [0.4, 0.5) is 0 Å². The van der Waals surface area contributed by atoms with Gasteiger partial charge in [0.05, 0.1) is 5.69 Å². The van der Waals surface area contributed by atoms with Crippen LogP contribution in [0.15, 0.2) is 4.79 Å². The highest BCUT2D eigenvalue weighted by molar-refractivity contribution is 5.21. The predicted octanol–water partition coefficient (Wildman–Crippen LogP) is -0.252. The third-order valence-electron chi connectivity index (χ3n) is 2.37. The lowest BCUT2D eigenvalue weighted by molar-refractivity contribution is 0.506. The molecule has 12 heavy (non-hydrogen) atoms. The summed E-state index contributed by atoms with van der Waals surface area (Å²) in [6.45, 7) is 2.88. The maximum atomic E-state index is 11.5. The van der Waals surface area contributed by atoms with Crippen LogP contribution in [0.2, 0.25) is 0 Å². The average molecular weight is 167 g/mol. The Morgan fingerprint density at radius 3 is 3.08 bits per heavy atom. The molecule has 1 aliphatic rings. The zero-order chi connectivity index (χ0) is 8.72. The molecule has 0 aromatic carbocycles. The number of hydrogen-bond acceptors (Lipinski definition) is 2. The van der Waals surface area contributed by atoms with E-state index >= 15 is 0 Å². The van der Waals surface area contributed by atoms with Crippen LogP contribution in [-0.4, -0.2) is 15.8 Å². The van der Waals surface area contributed by atoms with Gasteiger partial charge in [0.15, 0.2) is 0 Å². The normalized spacial score (nSPS) is 22.3. The van der Waals surface area contributed by atoms with Crippen LogP contribution in [-0.2, 0) is 20.0 Å². The molecule has 0 saturated heterocycles. The number of fused-ring (bicyclic) bond motifs is 1. The van der Waals surface area contributed by atoms with Gasteiger partial charge in [-0.1, -0.05) is 0 Å². The van der Waals surface area contributed by atoms with Gasteiger partial charge < -0.3 is 5.32 Å². The molecule has 1 atom stereocenters. The van der Waals surface area contributed by atoms with E-state index in [0.29, 0.717) is 6.04 Å². The highest BCUT2D eigenvalue weighted by atomic mass is 16.1. The van der Waals surface area contributed by atoms with E-state index in [1.807, 2.05) is 0 Å². The number of rotatable bonds is 0. The SMILES string of the molecule is CC1Cc2c([nH]n(C)c2=O)CN1. The zero-order valence-electron chi connectivity index (χ0n) is 7.35. The highest BCUT2D eigenvalue weighted by Gasteiger charge is 2.19. The van der Waals surface area contributed by atoms with Gasteiger partial charge in [-0.05, 0) is 13.3 Å². The van der Waals surface area contributed by atoms with E-state index in [2.05, 4.69) is 17.3 Å². The van der Waals surface area contributed by atoms with Crippen LogP contribution in [0.3, 0.4) is 0 Å². The van der Waals surface area contributed by atoms with Crippen molar-refractivity contribution in [1.82, 2.24) is 15.1 Å². The Hall–Kier alpha value is -1.03. The molecule has 66 valence electrons. The van der Waals surface area contributed by atoms with Crippen molar-refractivity contribution >= 4 is 0 Å². The fourth-order valence-electron chi connectivity index (χ4n) is 1.66. The van der Waals surface area contributed by atoms with Crippen molar-refractivity contribution in [2.45, 2.75) is 25.9 Å². The largest absolute Gasteiger partial charge is 0.308 e. The van der Waals surface area contributed by atoms with Gasteiger partial charge in [-0.25, -0.2) is 0 Å². The maximum Gasteiger partial charge on any atom is 0.269 e. The topological polar surface area (TPSA) is 49.8 Å². The van der Waals surface area contributed by atoms with Crippen molar-refractivity contribution in [3.8, 4) is 0 Å². The van der Waals surface area contributed by atoms with E-state index in [4.69, 9.17) is 0 Å². The van der Waals surface area contributed by atoms with Crippen molar-refractivity contribution in [3.05, 3.63) is 21.6 Å². The van der Waals surface area contributed by atoms with Gasteiger partial charge >= 0.3 is 0 Å². The van der Waals surface area contributed by atoms with Crippen LogP contribution < -0.4 is 10.9 Å². The summed E-state index contributed by atoms with van der Waals surface area (Å²) in [4.78, 5) is 11.5. The summed E-state index contributed by atoms with van der Waals surface area (Å²) in [6, 6.07) is 0.418. The molecular formula is C8H13N3O. The Labute approximate surface area is 70.6 Å². The molecule has 2 heterocycles. The summed E-state index contributed by atoms with van der Waals surface area (Å²) in [7, 11) is 1.76. The number of aryl methyl sites for hydroxylation is 1. The lowest BCUT2D eigenvalue weighted by atomic mass is 10.0. The molecule has 4 heteroatoms. The first-order chi connectivity index (χ1) is 5.68. The molecule has 0 saturated carbocycles. The Balaban J connectivity index is 2.51. The minimum absolute atomic E-state index is 0.123. The van der Waals surface area contributed by atoms with Gasteiger partial charge in [0.2, 0.25) is 0 Å². The molecule has 0 amide bonds. The highest BCUT2D eigenvalue weighted by Crippen LogP contribution is 2.09. The molecule has 1 aromatic rings. The summed E-state index contributed by atoms with van der Waals surface area (Å²) in [5, 5.41) is 6.32. The lowest BCUT2D eigenvalue weighted by Gasteiger charge is -2.18. The average Bonchev–Trinajstić information content (AvgIpc) is 2.31. The monoisotopic (exact) mass is 167 g/mol. The number of nitrogens with zero attached hydrogens (tertiary/aromatic N) is 1. The first-order valence-corrected chi connectivity index (χ1v) is 4.18. The molecule has 1 aromatic heterocycles. The third-order valence-corrected chi connectivity index (χ3v) is 2.37. The molecule has 2 N–H and O–H groups in total. The van der Waals surface area contributed by atoms with Crippen LogP contribution in [0, 0.1) is 0 Å². The van der Waals surface area contributed by atoms with E-state index in [1.165, 1.54) is 0 Å². The Morgan fingerprint density at radius 1 is 1.58 bits per heavy atom. The fraction of sp³-hybridized carbons (Fsp3) is 0.625. The van der Waals surface area contributed by atoms with Gasteiger partial charge in [0, 0.05) is 25.2 Å². The maximum absolute atomic E-state index is 11.5. The van der Waals surface area contributed by atoms with Crippen molar-refractivity contribution in [3.63, 3.8) is 0 Å². The summed E-state index contributed by atoms with van der Waals surface area (Å²) in [5.74, 6) is 0. The molecule has 0 fully saturated rings. The first-order valence-electron chi connectivity index (χ1n) is 4.18. The quantitative estimate of drug-likeness (QED) is 0.559. The number of H-pyrrole nitrogens is 1. The predicted molar refractivity (Wildman–Crippen MR) is 46.0 cm³/mol. The van der Waals surface area contributed by atoms with E-state index in [1.54, 1.807) is 11.7 Å². The smallest absolute Gasteiger partial charge is 0.269 e. The minimum atomic E-state index is 0.123. The van der Waals surface area contributed by atoms with Crippen molar-refractivity contribution in [1.29, 1.82) is 0 Å². The van der Waals surface area contributed by atoms with Gasteiger partial charge in [-0.15, -0.1) is 0 Å². The molecule has 1 aliphatic heterocycles. The molecule has 2 rings (SSSR count). The zero-order valence-corrected chi connectivity index (χ0v) is 7.35. The number of aromatic amines is 1. The second kappa shape index (κ2) is 2.48. The van der Waals surface area contributed by atoms with Gasteiger partial charge in [0.1, 0.15) is 0 Å². The summed E-state index contributed by atoms with van der Waals surface area (Å²) < 4.78 is 1.55. The van der Waals surface area contributed by atoms with Gasteiger partial charge in [0.25, 0.3) is 5.56 Å². The Morgan fingerprint density at radius 2 is 2.33 bits per heavy atom. The van der Waals surface area contributed by atoms with Gasteiger partial charge in [-0.3, -0.25) is 14.6 Å². The first kappa shape index (κ1) is 7.61. The lowest BCUT2D eigenvalue weighted by Crippen LogP contribution is -2.34. The molecule has 4 nitrogen and oxygen atoms in total. The van der Waals surface area contributed by atoms with Crippen LogP contribution in [0.1, 0.15) is 18.2 Å².